The van der Waals surface area contributed by atoms with Gasteiger partial charge in [-0.1, -0.05) is 0 Å². The van der Waals surface area contributed by atoms with Crippen molar-refractivity contribution in [2.24, 2.45) is 0 Å². The SMILES string of the molecule is O=C(O)[C@@H]1CC[C@@H](O)CN1.O=C(O)[C@@H]1CC[C@H](O)CN1. The highest BCUT2D eigenvalue weighted by atomic mass is 16.4. The maximum absolute atomic E-state index is 10.3. The third kappa shape index (κ3) is 5.83. The summed E-state index contributed by atoms with van der Waals surface area (Å²) < 4.78 is 0. The van der Waals surface area contributed by atoms with Crippen LogP contribution in [0.4, 0.5) is 0 Å². The van der Waals surface area contributed by atoms with Gasteiger partial charge in [-0.05, 0) is 25.7 Å². The Labute approximate surface area is 116 Å². The van der Waals surface area contributed by atoms with Crippen molar-refractivity contribution in [3.63, 3.8) is 0 Å². The number of aliphatic hydroxyl groups excluding tert-OH is 2. The van der Waals surface area contributed by atoms with E-state index < -0.39 is 24.0 Å². The Bertz CT molecular complexity index is 290. The molecule has 0 aromatic heterocycles. The number of hydrogen-bond donors (Lipinski definition) is 6. The Morgan fingerprint density at radius 1 is 0.750 bits per heavy atom. The van der Waals surface area contributed by atoms with E-state index in [0.29, 0.717) is 38.8 Å². The number of rotatable bonds is 2. The number of aliphatic hydroxyl groups is 2. The minimum Gasteiger partial charge on any atom is -0.480 e. The van der Waals surface area contributed by atoms with E-state index in [1.54, 1.807) is 0 Å². The fourth-order valence-corrected chi connectivity index (χ4v) is 2.10. The Kier molecular flexibility index (Phi) is 6.86. The first kappa shape index (κ1) is 16.8. The quantitative estimate of drug-likeness (QED) is 0.356. The van der Waals surface area contributed by atoms with Crippen molar-refractivity contribution in [2.45, 2.75) is 50.0 Å². The number of carboxylic acid groups (broad SMARTS) is 2. The molecule has 2 aliphatic rings. The molecule has 0 amide bonds. The van der Waals surface area contributed by atoms with E-state index in [2.05, 4.69) is 10.6 Å². The first-order chi connectivity index (χ1) is 9.40. The first-order valence-corrected chi connectivity index (χ1v) is 6.68. The number of aliphatic carboxylic acids is 2. The van der Waals surface area contributed by atoms with Crippen LogP contribution in [0, 0.1) is 0 Å². The molecule has 116 valence electrons. The van der Waals surface area contributed by atoms with Gasteiger partial charge in [0.05, 0.1) is 12.2 Å². The second-order valence-corrected chi connectivity index (χ2v) is 5.06. The monoisotopic (exact) mass is 290 g/mol. The molecular weight excluding hydrogens is 268 g/mol. The summed E-state index contributed by atoms with van der Waals surface area (Å²) in [5.74, 6) is -1.65. The van der Waals surface area contributed by atoms with Crippen LogP contribution in [0.1, 0.15) is 25.7 Å². The second kappa shape index (κ2) is 8.15. The highest BCUT2D eigenvalue weighted by Crippen LogP contribution is 2.07. The van der Waals surface area contributed by atoms with Crippen LogP contribution in [-0.2, 0) is 9.59 Å². The fraction of sp³-hybridized carbons (Fsp3) is 0.833. The van der Waals surface area contributed by atoms with E-state index >= 15 is 0 Å². The van der Waals surface area contributed by atoms with Crippen LogP contribution < -0.4 is 10.6 Å². The van der Waals surface area contributed by atoms with Crippen LogP contribution in [0.25, 0.3) is 0 Å². The largest absolute Gasteiger partial charge is 0.480 e. The van der Waals surface area contributed by atoms with Gasteiger partial charge >= 0.3 is 11.9 Å². The Morgan fingerprint density at radius 3 is 1.30 bits per heavy atom. The van der Waals surface area contributed by atoms with E-state index in [9.17, 15) is 9.59 Å². The average Bonchev–Trinajstić information content (AvgIpc) is 2.40. The summed E-state index contributed by atoms with van der Waals surface area (Å²) in [5.41, 5.74) is 0. The normalized spacial score (nSPS) is 33.7. The maximum atomic E-state index is 10.3. The topological polar surface area (TPSA) is 139 Å². The van der Waals surface area contributed by atoms with E-state index in [4.69, 9.17) is 20.4 Å². The zero-order valence-corrected chi connectivity index (χ0v) is 11.2. The molecule has 0 bridgehead atoms. The smallest absolute Gasteiger partial charge is 0.320 e. The van der Waals surface area contributed by atoms with Crippen LogP contribution in [0.15, 0.2) is 0 Å². The van der Waals surface area contributed by atoms with E-state index in [-0.39, 0.29) is 12.2 Å². The lowest BCUT2D eigenvalue weighted by molar-refractivity contribution is -0.141. The molecule has 2 heterocycles. The average molecular weight is 290 g/mol. The second-order valence-electron chi connectivity index (χ2n) is 5.06. The van der Waals surface area contributed by atoms with Gasteiger partial charge in [-0.25, -0.2) is 0 Å². The molecule has 2 saturated heterocycles. The van der Waals surface area contributed by atoms with Gasteiger partial charge in [0.2, 0.25) is 0 Å². The van der Waals surface area contributed by atoms with Crippen LogP contribution >= 0.6 is 0 Å². The van der Waals surface area contributed by atoms with Gasteiger partial charge in [0.15, 0.2) is 0 Å². The molecule has 0 aromatic carbocycles. The molecule has 0 spiro atoms. The van der Waals surface area contributed by atoms with Crippen molar-refractivity contribution >= 4 is 11.9 Å². The first-order valence-electron chi connectivity index (χ1n) is 6.68. The lowest BCUT2D eigenvalue weighted by Crippen LogP contribution is -2.45. The molecule has 0 saturated carbocycles. The molecule has 2 rings (SSSR count). The number of hydrogen-bond acceptors (Lipinski definition) is 6. The predicted molar refractivity (Wildman–Crippen MR) is 69.3 cm³/mol. The molecule has 8 heteroatoms. The molecule has 2 aliphatic heterocycles. The molecule has 2 fully saturated rings. The van der Waals surface area contributed by atoms with Gasteiger partial charge < -0.3 is 31.1 Å². The zero-order chi connectivity index (χ0) is 15.1. The number of carbonyl (C=O) groups is 2. The number of nitrogens with one attached hydrogen (secondary N) is 2. The van der Waals surface area contributed by atoms with Gasteiger partial charge in [-0.15, -0.1) is 0 Å². The summed E-state index contributed by atoms with van der Waals surface area (Å²) in [7, 11) is 0. The van der Waals surface area contributed by atoms with E-state index in [1.807, 2.05) is 0 Å². The molecule has 0 unspecified atom stereocenters. The minimum atomic E-state index is -0.827. The summed E-state index contributed by atoms with van der Waals surface area (Å²) in [6.07, 6.45) is 1.49. The van der Waals surface area contributed by atoms with E-state index in [0.717, 1.165) is 0 Å². The highest BCUT2D eigenvalue weighted by Gasteiger charge is 2.24. The van der Waals surface area contributed by atoms with Crippen LogP contribution in [0.2, 0.25) is 0 Å². The van der Waals surface area contributed by atoms with Crippen LogP contribution in [-0.4, -0.2) is 69.7 Å². The predicted octanol–water partition coefficient (Wildman–Crippen LogP) is -1.63. The Morgan fingerprint density at radius 2 is 1.10 bits per heavy atom. The fourth-order valence-electron chi connectivity index (χ4n) is 2.10. The lowest BCUT2D eigenvalue weighted by Gasteiger charge is -2.23. The summed E-state index contributed by atoms with van der Waals surface area (Å²) in [6, 6.07) is -0.910. The van der Waals surface area contributed by atoms with Gasteiger partial charge in [-0.2, -0.15) is 0 Å². The summed E-state index contributed by atoms with van der Waals surface area (Å²) in [5, 5.41) is 40.3. The van der Waals surface area contributed by atoms with Crippen molar-refractivity contribution in [3.05, 3.63) is 0 Å². The molecular formula is C12H22N2O6. The lowest BCUT2D eigenvalue weighted by atomic mass is 10.0. The number of β-amino-alcohol motifs (C(OH)–C–C–N with tert-alkyl or cyclic N) is 2. The summed E-state index contributed by atoms with van der Waals surface area (Å²) in [6.45, 7) is 0.800. The molecule has 20 heavy (non-hydrogen) atoms. The highest BCUT2D eigenvalue weighted by molar-refractivity contribution is 5.73. The van der Waals surface area contributed by atoms with Gasteiger partial charge in [-0.3, -0.25) is 9.59 Å². The molecule has 0 aliphatic carbocycles. The minimum absolute atomic E-state index is 0.365. The van der Waals surface area contributed by atoms with Crippen molar-refractivity contribution in [1.82, 2.24) is 10.6 Å². The third-order valence-electron chi connectivity index (χ3n) is 3.37. The molecule has 8 nitrogen and oxygen atoms in total. The van der Waals surface area contributed by atoms with Gasteiger partial charge in [0, 0.05) is 13.1 Å². The third-order valence-corrected chi connectivity index (χ3v) is 3.37. The Balaban J connectivity index is 0.000000200. The molecule has 0 radical (unpaired) electrons. The molecule has 4 atom stereocenters. The maximum Gasteiger partial charge on any atom is 0.320 e. The van der Waals surface area contributed by atoms with Crippen molar-refractivity contribution in [2.75, 3.05) is 13.1 Å². The zero-order valence-electron chi connectivity index (χ0n) is 11.2. The Hall–Kier alpha value is -1.22. The summed E-state index contributed by atoms with van der Waals surface area (Å²) in [4.78, 5) is 20.6. The van der Waals surface area contributed by atoms with Crippen molar-refractivity contribution < 1.29 is 30.0 Å². The summed E-state index contributed by atoms with van der Waals surface area (Å²) >= 11 is 0. The number of carboxylic acids is 2. The number of piperidine rings is 2. The van der Waals surface area contributed by atoms with Gasteiger partial charge in [0.25, 0.3) is 0 Å². The van der Waals surface area contributed by atoms with Gasteiger partial charge in [0.1, 0.15) is 12.1 Å². The molecule has 0 aromatic rings. The van der Waals surface area contributed by atoms with Crippen molar-refractivity contribution in [3.8, 4) is 0 Å². The van der Waals surface area contributed by atoms with Crippen LogP contribution in [0.5, 0.6) is 0 Å². The molecule has 6 N–H and O–H groups in total. The van der Waals surface area contributed by atoms with E-state index in [1.165, 1.54) is 0 Å². The van der Waals surface area contributed by atoms with Crippen LogP contribution in [0.3, 0.4) is 0 Å². The standard InChI is InChI=1S/2C6H11NO3/c2*8-4-1-2-5(6(9)10)7-3-4/h2*4-5,7-8H,1-3H2,(H,9,10)/t4-,5+;4-,5-/m10/s1. The van der Waals surface area contributed by atoms with Crippen molar-refractivity contribution in [1.29, 1.82) is 0 Å².